The Morgan fingerprint density at radius 1 is 0.953 bits per heavy atom. The molecule has 0 aliphatic carbocycles. The number of carbonyl (C=O) groups is 3. The van der Waals surface area contributed by atoms with Crippen molar-refractivity contribution in [2.75, 3.05) is 13.6 Å². The molecule has 230 valence electrons. The van der Waals surface area contributed by atoms with E-state index in [1.165, 1.54) is 11.8 Å². The molecule has 0 saturated carbocycles. The summed E-state index contributed by atoms with van der Waals surface area (Å²) in [6.45, 7) is 6.12. The fraction of sp³-hybridized carbons (Fsp3) is 0.394. The molecule has 0 aliphatic rings. The number of rotatable bonds is 15. The second kappa shape index (κ2) is 17.2. The van der Waals surface area contributed by atoms with E-state index < -0.39 is 12.1 Å². The van der Waals surface area contributed by atoms with E-state index in [2.05, 4.69) is 34.8 Å². The van der Waals surface area contributed by atoms with Crippen LogP contribution in [0, 0.1) is 0 Å². The average Bonchev–Trinajstić information content (AvgIpc) is 3.45. The van der Waals surface area contributed by atoms with Gasteiger partial charge in [0.05, 0.1) is 23.3 Å². The lowest BCUT2D eigenvalue weighted by molar-refractivity contribution is -0.124. The molecule has 1 aromatic heterocycles. The fourth-order valence-electron chi connectivity index (χ4n) is 4.45. The van der Waals surface area contributed by atoms with E-state index in [4.69, 9.17) is 5.73 Å². The van der Waals surface area contributed by atoms with E-state index in [9.17, 15) is 14.4 Å². The van der Waals surface area contributed by atoms with Gasteiger partial charge in [0, 0.05) is 37.9 Å². The smallest absolute Gasteiger partial charge is 0.318 e. The summed E-state index contributed by atoms with van der Waals surface area (Å²) in [6.07, 6.45) is 5.29. The molecule has 3 aromatic rings. The molecule has 5 N–H and O–H groups in total. The first-order chi connectivity index (χ1) is 20.6. The number of hydrogen-bond acceptors (Lipinski definition) is 6. The van der Waals surface area contributed by atoms with Crippen LogP contribution < -0.4 is 21.7 Å². The highest BCUT2D eigenvalue weighted by Crippen LogP contribution is 2.20. The van der Waals surface area contributed by atoms with E-state index in [-0.39, 0.29) is 36.9 Å². The van der Waals surface area contributed by atoms with Gasteiger partial charge in [-0.1, -0.05) is 86.7 Å². The number of nitrogens with one attached hydrogen (secondary N) is 3. The van der Waals surface area contributed by atoms with Crippen molar-refractivity contribution in [1.29, 1.82) is 0 Å². The number of benzene rings is 2. The van der Waals surface area contributed by atoms with Gasteiger partial charge in [0.2, 0.25) is 11.8 Å². The lowest BCUT2D eigenvalue weighted by Gasteiger charge is -2.25. The highest BCUT2D eigenvalue weighted by Gasteiger charge is 2.25. The highest BCUT2D eigenvalue weighted by atomic mass is 32.1. The summed E-state index contributed by atoms with van der Waals surface area (Å²) in [5, 5.41) is 11.6. The van der Waals surface area contributed by atoms with Crippen molar-refractivity contribution in [3.05, 3.63) is 100 Å². The van der Waals surface area contributed by atoms with Gasteiger partial charge < -0.3 is 26.6 Å². The summed E-state index contributed by atoms with van der Waals surface area (Å²) in [5.41, 5.74) is 9.39. The van der Waals surface area contributed by atoms with E-state index in [1.54, 1.807) is 18.4 Å². The van der Waals surface area contributed by atoms with Crippen molar-refractivity contribution in [3.63, 3.8) is 0 Å². The molecular formula is C33H44N6O3S. The number of nitrogens with zero attached hydrogens (tertiary/aromatic N) is 2. The van der Waals surface area contributed by atoms with Gasteiger partial charge in [0.15, 0.2) is 0 Å². The van der Waals surface area contributed by atoms with Crippen molar-refractivity contribution in [2.24, 2.45) is 5.73 Å². The molecule has 0 aliphatic heterocycles. The van der Waals surface area contributed by atoms with Crippen molar-refractivity contribution >= 4 is 29.2 Å². The third kappa shape index (κ3) is 12.0. The van der Waals surface area contributed by atoms with Crippen molar-refractivity contribution < 1.29 is 14.4 Å². The van der Waals surface area contributed by atoms with Crippen LogP contribution in [0.15, 0.2) is 78.2 Å². The Morgan fingerprint density at radius 2 is 1.58 bits per heavy atom. The zero-order valence-corrected chi connectivity index (χ0v) is 26.3. The second-order valence-electron chi connectivity index (χ2n) is 11.0. The molecule has 4 amide bonds. The first-order valence-electron chi connectivity index (χ1n) is 14.6. The standard InChI is InChI=1S/C33H44N6O3S/c1-23(2)32-37-29(22-43-32)21-39(4)33(42)38-30(17-18-35-24(3)40)31(41)36-28(20-26-13-9-6-10-14-26)16-15-27(34)19-25-11-7-5-8-12-25/h5-16,22-23,27-28,30H,17-21,34H2,1-4H3,(H,35,40)(H,36,41)(H,38,42)/b16-15+/t27-,28?,30?/m0/s1. The molecule has 2 aromatic carbocycles. The van der Waals surface area contributed by atoms with Crippen molar-refractivity contribution in [3.8, 4) is 0 Å². The predicted octanol–water partition coefficient (Wildman–Crippen LogP) is 4.16. The van der Waals surface area contributed by atoms with E-state index in [1.807, 2.05) is 78.2 Å². The van der Waals surface area contributed by atoms with E-state index in [0.717, 1.165) is 21.8 Å². The van der Waals surface area contributed by atoms with E-state index >= 15 is 0 Å². The molecule has 3 rings (SSSR count). The zero-order valence-electron chi connectivity index (χ0n) is 25.5. The van der Waals surface area contributed by atoms with Crippen LogP contribution in [0.1, 0.15) is 54.9 Å². The molecular weight excluding hydrogens is 560 g/mol. The minimum Gasteiger partial charge on any atom is -0.356 e. The Labute approximate surface area is 259 Å². The van der Waals surface area contributed by atoms with Gasteiger partial charge in [0.25, 0.3) is 0 Å². The second-order valence-corrected chi connectivity index (χ2v) is 11.9. The topological polar surface area (TPSA) is 129 Å². The first kappa shape index (κ1) is 33.5. The third-order valence-corrected chi connectivity index (χ3v) is 7.96. The van der Waals surface area contributed by atoms with Crippen LogP contribution in [0.3, 0.4) is 0 Å². The van der Waals surface area contributed by atoms with Crippen LogP contribution >= 0.6 is 11.3 Å². The van der Waals surface area contributed by atoms with Crippen LogP contribution in [0.2, 0.25) is 0 Å². The summed E-state index contributed by atoms with van der Waals surface area (Å²) < 4.78 is 0. The monoisotopic (exact) mass is 604 g/mol. The molecule has 0 fully saturated rings. The number of urea groups is 1. The molecule has 0 radical (unpaired) electrons. The normalized spacial score (nSPS) is 13.3. The Morgan fingerprint density at radius 3 is 2.16 bits per heavy atom. The quantitative estimate of drug-likeness (QED) is 0.194. The fourth-order valence-corrected chi connectivity index (χ4v) is 5.27. The largest absolute Gasteiger partial charge is 0.356 e. The lowest BCUT2D eigenvalue weighted by Crippen LogP contribution is -2.53. The van der Waals surface area contributed by atoms with Crippen LogP contribution in [-0.4, -0.2) is 59.4 Å². The summed E-state index contributed by atoms with van der Waals surface area (Å²) in [5.74, 6) is -0.236. The number of aromatic nitrogens is 1. The number of carbonyl (C=O) groups excluding carboxylic acids is 3. The molecule has 43 heavy (non-hydrogen) atoms. The van der Waals surface area contributed by atoms with Crippen LogP contribution in [-0.2, 0) is 29.0 Å². The number of thiazole rings is 1. The minimum absolute atomic E-state index is 0.204. The maximum Gasteiger partial charge on any atom is 0.318 e. The van der Waals surface area contributed by atoms with Gasteiger partial charge in [-0.15, -0.1) is 11.3 Å². The first-order valence-corrected chi connectivity index (χ1v) is 15.5. The van der Waals surface area contributed by atoms with Crippen LogP contribution in [0.5, 0.6) is 0 Å². The van der Waals surface area contributed by atoms with Crippen LogP contribution in [0.4, 0.5) is 4.79 Å². The third-order valence-electron chi connectivity index (χ3n) is 6.76. The molecule has 0 spiro atoms. The molecule has 10 heteroatoms. The van der Waals surface area contributed by atoms with Gasteiger partial charge in [-0.25, -0.2) is 9.78 Å². The molecule has 0 bridgehead atoms. The summed E-state index contributed by atoms with van der Waals surface area (Å²) >= 11 is 1.57. The Bertz CT molecular complexity index is 1330. The number of hydrogen-bond donors (Lipinski definition) is 4. The average molecular weight is 605 g/mol. The summed E-state index contributed by atoms with van der Waals surface area (Å²) in [6, 6.07) is 18.0. The highest BCUT2D eigenvalue weighted by molar-refractivity contribution is 7.09. The Kier molecular flexibility index (Phi) is 13.4. The Hall–Kier alpha value is -4.02. The maximum absolute atomic E-state index is 13.6. The zero-order chi connectivity index (χ0) is 31.2. The van der Waals surface area contributed by atoms with Crippen molar-refractivity contribution in [2.45, 2.75) is 70.6 Å². The van der Waals surface area contributed by atoms with Gasteiger partial charge in [-0.2, -0.15) is 0 Å². The molecule has 9 nitrogen and oxygen atoms in total. The SMILES string of the molecule is CC(=O)NCCC(NC(=O)N(C)Cc1csc(C(C)C)n1)C(=O)NC(/C=C/[C@H](N)Cc1ccccc1)Cc1ccccc1. The molecule has 0 saturated heterocycles. The number of amides is 4. The lowest BCUT2D eigenvalue weighted by atomic mass is 10.0. The predicted molar refractivity (Wildman–Crippen MR) is 173 cm³/mol. The molecule has 1 heterocycles. The minimum atomic E-state index is -0.867. The van der Waals surface area contributed by atoms with Gasteiger partial charge in [-0.05, 0) is 30.4 Å². The molecule has 3 atom stereocenters. The van der Waals surface area contributed by atoms with Gasteiger partial charge in [0.1, 0.15) is 6.04 Å². The van der Waals surface area contributed by atoms with Gasteiger partial charge in [-0.3, -0.25) is 9.59 Å². The summed E-state index contributed by atoms with van der Waals surface area (Å²) in [7, 11) is 1.67. The maximum atomic E-state index is 13.6. The number of nitrogens with two attached hydrogens (primary N) is 1. The van der Waals surface area contributed by atoms with Gasteiger partial charge >= 0.3 is 6.03 Å². The van der Waals surface area contributed by atoms with Crippen molar-refractivity contribution in [1.82, 2.24) is 25.8 Å². The van der Waals surface area contributed by atoms with Crippen LogP contribution in [0.25, 0.3) is 0 Å². The molecule has 2 unspecified atom stereocenters. The Balaban J connectivity index is 1.71. The van der Waals surface area contributed by atoms with E-state index in [0.29, 0.717) is 25.3 Å². The summed E-state index contributed by atoms with van der Waals surface area (Å²) in [4.78, 5) is 44.4.